The van der Waals surface area contributed by atoms with E-state index < -0.39 is 0 Å². The van der Waals surface area contributed by atoms with Gasteiger partial charge in [-0.25, -0.2) is 4.68 Å². The molecule has 0 amide bonds. The summed E-state index contributed by atoms with van der Waals surface area (Å²) in [5, 5.41) is 14.6. The van der Waals surface area contributed by atoms with Gasteiger partial charge in [-0.1, -0.05) is 35.3 Å². The van der Waals surface area contributed by atoms with Gasteiger partial charge in [0.2, 0.25) is 0 Å². The summed E-state index contributed by atoms with van der Waals surface area (Å²) in [5.41, 5.74) is 2.57. The number of aliphatic hydroxyl groups excluding tert-OH is 1. The molecule has 0 fully saturated rings. The van der Waals surface area contributed by atoms with Crippen LogP contribution in [0.25, 0.3) is 5.69 Å². The first kappa shape index (κ1) is 15.3. The second-order valence-electron chi connectivity index (χ2n) is 4.68. The Bertz CT molecular complexity index is 598. The van der Waals surface area contributed by atoms with Crippen molar-refractivity contribution in [3.63, 3.8) is 0 Å². The van der Waals surface area contributed by atoms with Gasteiger partial charge in [-0.15, -0.1) is 0 Å². The van der Waals surface area contributed by atoms with Gasteiger partial charge < -0.3 is 5.11 Å². The van der Waals surface area contributed by atoms with Crippen LogP contribution < -0.4 is 0 Å². The molecule has 1 aromatic heterocycles. The van der Waals surface area contributed by atoms with Crippen LogP contribution >= 0.6 is 23.2 Å². The second kappa shape index (κ2) is 6.59. The zero-order valence-electron chi connectivity index (χ0n) is 11.5. The van der Waals surface area contributed by atoms with Crippen molar-refractivity contribution < 1.29 is 5.11 Å². The molecule has 0 aliphatic carbocycles. The van der Waals surface area contributed by atoms with E-state index in [0.717, 1.165) is 16.9 Å². The number of para-hydroxylation sites is 1. The van der Waals surface area contributed by atoms with Gasteiger partial charge in [-0.3, -0.25) is 4.90 Å². The minimum atomic E-state index is 0.117. The van der Waals surface area contributed by atoms with Crippen LogP contribution in [-0.4, -0.2) is 40.0 Å². The van der Waals surface area contributed by atoms with E-state index in [2.05, 4.69) is 5.10 Å². The Hall–Kier alpha value is -1.07. The van der Waals surface area contributed by atoms with Gasteiger partial charge in [0, 0.05) is 18.7 Å². The maximum atomic E-state index is 8.96. The first-order chi connectivity index (χ1) is 9.54. The van der Waals surface area contributed by atoms with E-state index in [1.54, 1.807) is 4.68 Å². The summed E-state index contributed by atoms with van der Waals surface area (Å²) in [5.74, 6) is 0. The average molecular weight is 314 g/mol. The highest BCUT2D eigenvalue weighted by Crippen LogP contribution is 2.28. The number of likely N-dealkylation sites (N-methyl/N-ethyl adjacent to an activating group) is 1. The molecular weight excluding hydrogens is 297 g/mol. The molecule has 1 N–H and O–H groups in total. The van der Waals surface area contributed by atoms with E-state index in [0.29, 0.717) is 23.3 Å². The Morgan fingerprint density at radius 2 is 2.00 bits per heavy atom. The number of aromatic nitrogens is 2. The normalized spacial score (nSPS) is 11.3. The molecule has 0 saturated carbocycles. The highest BCUT2D eigenvalue weighted by Gasteiger charge is 2.17. The number of benzene rings is 1. The summed E-state index contributed by atoms with van der Waals surface area (Å²) in [7, 11) is 1.93. The highest BCUT2D eigenvalue weighted by atomic mass is 35.5. The Morgan fingerprint density at radius 3 is 2.65 bits per heavy atom. The summed E-state index contributed by atoms with van der Waals surface area (Å²) in [6.07, 6.45) is 0. The fourth-order valence-corrected chi connectivity index (χ4v) is 2.55. The number of hydrogen-bond acceptors (Lipinski definition) is 3. The Balaban J connectivity index is 2.36. The van der Waals surface area contributed by atoms with Crippen molar-refractivity contribution in [1.29, 1.82) is 0 Å². The van der Waals surface area contributed by atoms with Crippen LogP contribution in [0.4, 0.5) is 0 Å². The van der Waals surface area contributed by atoms with Crippen molar-refractivity contribution in [2.75, 3.05) is 20.2 Å². The van der Waals surface area contributed by atoms with Crippen LogP contribution in [0.1, 0.15) is 11.3 Å². The van der Waals surface area contributed by atoms with E-state index in [-0.39, 0.29) is 6.61 Å². The third-order valence-corrected chi connectivity index (χ3v) is 3.82. The van der Waals surface area contributed by atoms with E-state index in [1.165, 1.54) is 0 Å². The van der Waals surface area contributed by atoms with Gasteiger partial charge in [0.05, 0.1) is 23.0 Å². The molecule has 0 spiro atoms. The monoisotopic (exact) mass is 313 g/mol. The molecule has 0 saturated heterocycles. The molecule has 20 heavy (non-hydrogen) atoms. The molecule has 1 aromatic carbocycles. The van der Waals surface area contributed by atoms with Crippen LogP contribution in [0.2, 0.25) is 10.2 Å². The quantitative estimate of drug-likeness (QED) is 0.922. The largest absolute Gasteiger partial charge is 0.395 e. The van der Waals surface area contributed by atoms with Crippen molar-refractivity contribution in [2.24, 2.45) is 0 Å². The third-order valence-electron chi connectivity index (χ3n) is 3.11. The molecule has 0 aliphatic heterocycles. The lowest BCUT2D eigenvalue weighted by molar-refractivity contribution is 0.217. The van der Waals surface area contributed by atoms with E-state index in [4.69, 9.17) is 28.3 Å². The maximum Gasteiger partial charge on any atom is 0.137 e. The van der Waals surface area contributed by atoms with Gasteiger partial charge in [-0.05, 0) is 26.1 Å². The fraction of sp³-hybridized carbons (Fsp3) is 0.357. The van der Waals surface area contributed by atoms with Crippen LogP contribution in [0, 0.1) is 6.92 Å². The van der Waals surface area contributed by atoms with Crippen molar-refractivity contribution >= 4 is 23.2 Å². The summed E-state index contributed by atoms with van der Waals surface area (Å²) in [6.45, 7) is 3.26. The smallest absolute Gasteiger partial charge is 0.137 e. The van der Waals surface area contributed by atoms with E-state index in [9.17, 15) is 0 Å². The second-order valence-corrected chi connectivity index (χ2v) is 5.44. The fourth-order valence-electron chi connectivity index (χ4n) is 2.01. The minimum Gasteiger partial charge on any atom is -0.395 e. The van der Waals surface area contributed by atoms with Gasteiger partial charge >= 0.3 is 0 Å². The summed E-state index contributed by atoms with van der Waals surface area (Å²) >= 11 is 12.6. The predicted octanol–water partition coefficient (Wildman–Crippen LogP) is 2.91. The lowest BCUT2D eigenvalue weighted by Gasteiger charge is -2.14. The molecule has 0 unspecified atom stereocenters. The molecule has 0 bridgehead atoms. The first-order valence-electron chi connectivity index (χ1n) is 6.33. The lowest BCUT2D eigenvalue weighted by Crippen LogP contribution is -2.21. The number of hydrogen-bond donors (Lipinski definition) is 1. The number of rotatable bonds is 5. The van der Waals surface area contributed by atoms with Crippen molar-refractivity contribution in [3.8, 4) is 5.69 Å². The van der Waals surface area contributed by atoms with Crippen LogP contribution in [0.3, 0.4) is 0 Å². The summed E-state index contributed by atoms with van der Waals surface area (Å²) in [6, 6.07) is 7.45. The molecular formula is C14H17Cl2N3O. The molecule has 0 aliphatic rings. The molecule has 0 atom stereocenters. The Labute approximate surface area is 128 Å². The average Bonchev–Trinajstić information content (AvgIpc) is 2.68. The van der Waals surface area contributed by atoms with Crippen LogP contribution in [-0.2, 0) is 6.54 Å². The van der Waals surface area contributed by atoms with E-state index >= 15 is 0 Å². The summed E-state index contributed by atoms with van der Waals surface area (Å²) < 4.78 is 1.65. The standard InChI is InChI=1S/C14H17Cl2N3O/c1-10-11(9-18(2)7-8-20)14(16)19(17-10)13-6-4-3-5-12(13)15/h3-6,20H,7-9H2,1-2H3. The van der Waals surface area contributed by atoms with E-state index in [1.807, 2.05) is 43.1 Å². The molecule has 1 heterocycles. The van der Waals surface area contributed by atoms with Gasteiger partial charge in [-0.2, -0.15) is 5.10 Å². The Morgan fingerprint density at radius 1 is 1.30 bits per heavy atom. The van der Waals surface area contributed by atoms with Crippen molar-refractivity contribution in [3.05, 3.63) is 45.7 Å². The van der Waals surface area contributed by atoms with Gasteiger partial charge in [0.25, 0.3) is 0 Å². The number of halogens is 2. The minimum absolute atomic E-state index is 0.117. The summed E-state index contributed by atoms with van der Waals surface area (Å²) in [4.78, 5) is 1.99. The van der Waals surface area contributed by atoms with Crippen molar-refractivity contribution in [1.82, 2.24) is 14.7 Å². The molecule has 6 heteroatoms. The molecule has 108 valence electrons. The molecule has 0 radical (unpaired) electrons. The molecule has 2 rings (SSSR count). The third kappa shape index (κ3) is 3.15. The topological polar surface area (TPSA) is 41.3 Å². The SMILES string of the molecule is Cc1nn(-c2ccccc2Cl)c(Cl)c1CN(C)CCO. The predicted molar refractivity (Wildman–Crippen MR) is 81.7 cm³/mol. The van der Waals surface area contributed by atoms with Crippen LogP contribution in [0.5, 0.6) is 0 Å². The maximum absolute atomic E-state index is 8.96. The number of aliphatic hydroxyl groups is 1. The molecule has 4 nitrogen and oxygen atoms in total. The molecule has 2 aromatic rings. The van der Waals surface area contributed by atoms with Gasteiger partial charge in [0.15, 0.2) is 0 Å². The first-order valence-corrected chi connectivity index (χ1v) is 7.08. The lowest BCUT2D eigenvalue weighted by atomic mass is 10.2. The number of nitrogens with zero attached hydrogens (tertiary/aromatic N) is 3. The zero-order valence-corrected chi connectivity index (χ0v) is 13.0. The Kier molecular flexibility index (Phi) is 5.05. The van der Waals surface area contributed by atoms with Crippen molar-refractivity contribution in [2.45, 2.75) is 13.5 Å². The van der Waals surface area contributed by atoms with Gasteiger partial charge in [0.1, 0.15) is 5.15 Å². The number of aryl methyl sites for hydroxylation is 1. The zero-order chi connectivity index (χ0) is 14.7. The highest BCUT2D eigenvalue weighted by molar-refractivity contribution is 6.33. The van der Waals surface area contributed by atoms with Crippen LogP contribution in [0.15, 0.2) is 24.3 Å².